The fourth-order valence-electron chi connectivity index (χ4n) is 7.89. The minimum atomic E-state index is 1.15. The summed E-state index contributed by atoms with van der Waals surface area (Å²) < 4.78 is 4.81. The molecule has 0 unspecified atom stereocenters. The van der Waals surface area contributed by atoms with Crippen LogP contribution in [0.3, 0.4) is 0 Å². The Bertz CT molecular complexity index is 2840. The standard InChI is InChI=1S/C49H34N2/c1-33-19-21-35(22-20-33)38-29-37(34-11-3-2-4-12-34)30-39(31-38)36-23-25-40(26-24-36)50-48-18-10-7-15-44(48)45-32-41(27-28-49(45)50)51-46-16-8-5-13-42(46)43-14-6-9-17-47(43)51/h2-32H,1H3. The molecule has 2 nitrogen and oxygen atoms in total. The van der Waals surface area contributed by atoms with Gasteiger partial charge in [0.2, 0.25) is 0 Å². The van der Waals surface area contributed by atoms with E-state index in [2.05, 4.69) is 204 Å². The summed E-state index contributed by atoms with van der Waals surface area (Å²) in [5, 5.41) is 5.04. The highest BCUT2D eigenvalue weighted by molar-refractivity contribution is 6.12. The first-order chi connectivity index (χ1) is 25.2. The summed E-state index contributed by atoms with van der Waals surface area (Å²) in [5.41, 5.74) is 15.7. The van der Waals surface area contributed by atoms with Crippen LogP contribution in [0.5, 0.6) is 0 Å². The maximum absolute atomic E-state index is 2.40. The fraction of sp³-hybridized carbons (Fsp3) is 0.0204. The maximum atomic E-state index is 2.40. The summed E-state index contributed by atoms with van der Waals surface area (Å²) in [6, 6.07) is 68.7. The number of nitrogens with zero attached hydrogens (tertiary/aromatic N) is 2. The first-order valence-electron chi connectivity index (χ1n) is 17.6. The highest BCUT2D eigenvalue weighted by atomic mass is 15.0. The average molecular weight is 651 g/mol. The molecular weight excluding hydrogens is 617 g/mol. The molecule has 2 heterocycles. The minimum absolute atomic E-state index is 1.15. The van der Waals surface area contributed by atoms with Crippen LogP contribution in [0, 0.1) is 6.92 Å². The molecule has 0 fully saturated rings. The SMILES string of the molecule is Cc1ccc(-c2cc(-c3ccccc3)cc(-c3ccc(-n4c5ccccc5c5cc(-n6c7ccccc7c7ccccc76)ccc54)cc3)c2)cc1. The third-order valence-corrected chi connectivity index (χ3v) is 10.4. The molecule has 0 bridgehead atoms. The van der Waals surface area contributed by atoms with Gasteiger partial charge in [-0.05, 0) is 107 Å². The molecule has 0 atom stereocenters. The summed E-state index contributed by atoms with van der Waals surface area (Å²) in [7, 11) is 0. The van der Waals surface area contributed by atoms with Gasteiger partial charge in [0.15, 0.2) is 0 Å². The van der Waals surface area contributed by atoms with Gasteiger partial charge in [0, 0.05) is 32.9 Å². The van der Waals surface area contributed by atoms with Gasteiger partial charge in [-0.15, -0.1) is 0 Å². The second-order valence-electron chi connectivity index (χ2n) is 13.5. The van der Waals surface area contributed by atoms with E-state index in [4.69, 9.17) is 0 Å². The molecule has 240 valence electrons. The van der Waals surface area contributed by atoms with Gasteiger partial charge < -0.3 is 9.13 Å². The van der Waals surface area contributed by atoms with E-state index < -0.39 is 0 Å². The monoisotopic (exact) mass is 650 g/mol. The molecule has 0 aliphatic carbocycles. The van der Waals surface area contributed by atoms with Crippen LogP contribution in [0.1, 0.15) is 5.56 Å². The molecule has 0 N–H and O–H groups in total. The molecule has 0 aliphatic rings. The number of hydrogen-bond acceptors (Lipinski definition) is 0. The molecule has 2 aromatic heterocycles. The highest BCUT2D eigenvalue weighted by Gasteiger charge is 2.16. The van der Waals surface area contributed by atoms with Crippen molar-refractivity contribution in [3.05, 3.63) is 194 Å². The Hall–Kier alpha value is -6.64. The van der Waals surface area contributed by atoms with Gasteiger partial charge in [0.05, 0.1) is 22.1 Å². The summed E-state index contributed by atoms with van der Waals surface area (Å²) in [6.45, 7) is 2.14. The van der Waals surface area contributed by atoms with Crippen molar-refractivity contribution in [2.75, 3.05) is 0 Å². The van der Waals surface area contributed by atoms with Crippen molar-refractivity contribution >= 4 is 43.6 Å². The number of hydrogen-bond donors (Lipinski definition) is 0. The first-order valence-corrected chi connectivity index (χ1v) is 17.6. The van der Waals surface area contributed by atoms with E-state index in [-0.39, 0.29) is 0 Å². The zero-order valence-corrected chi connectivity index (χ0v) is 28.3. The van der Waals surface area contributed by atoms with Crippen molar-refractivity contribution in [3.8, 4) is 44.8 Å². The molecule has 0 saturated carbocycles. The van der Waals surface area contributed by atoms with Crippen LogP contribution in [0.15, 0.2) is 188 Å². The van der Waals surface area contributed by atoms with E-state index in [1.165, 1.54) is 88.2 Å². The minimum Gasteiger partial charge on any atom is -0.309 e. The van der Waals surface area contributed by atoms with E-state index in [1.807, 2.05) is 0 Å². The van der Waals surface area contributed by atoms with Crippen molar-refractivity contribution < 1.29 is 0 Å². The molecule has 2 heteroatoms. The van der Waals surface area contributed by atoms with Crippen molar-refractivity contribution in [2.45, 2.75) is 6.92 Å². The van der Waals surface area contributed by atoms with E-state index in [0.717, 1.165) is 5.69 Å². The molecule has 0 spiro atoms. The third-order valence-electron chi connectivity index (χ3n) is 10.4. The Kier molecular flexibility index (Phi) is 6.75. The van der Waals surface area contributed by atoms with Gasteiger partial charge in [0.25, 0.3) is 0 Å². The molecule has 0 aliphatic heterocycles. The number of aryl methyl sites for hydroxylation is 1. The quantitative estimate of drug-likeness (QED) is 0.175. The van der Waals surface area contributed by atoms with Crippen LogP contribution in [0.25, 0.3) is 88.4 Å². The molecule has 0 amide bonds. The van der Waals surface area contributed by atoms with E-state index in [1.54, 1.807) is 0 Å². The van der Waals surface area contributed by atoms with Crippen LogP contribution in [0.4, 0.5) is 0 Å². The summed E-state index contributed by atoms with van der Waals surface area (Å²) >= 11 is 0. The van der Waals surface area contributed by atoms with Gasteiger partial charge >= 0.3 is 0 Å². The summed E-state index contributed by atoms with van der Waals surface area (Å²) in [4.78, 5) is 0. The van der Waals surface area contributed by atoms with Crippen molar-refractivity contribution in [1.29, 1.82) is 0 Å². The van der Waals surface area contributed by atoms with Gasteiger partial charge in [-0.3, -0.25) is 0 Å². The Morgan fingerprint density at radius 2 is 0.667 bits per heavy atom. The Labute approximate surface area is 297 Å². The molecule has 10 rings (SSSR count). The number of fused-ring (bicyclic) bond motifs is 6. The molecule has 51 heavy (non-hydrogen) atoms. The van der Waals surface area contributed by atoms with Gasteiger partial charge in [0.1, 0.15) is 0 Å². The smallest absolute Gasteiger partial charge is 0.0542 e. The van der Waals surface area contributed by atoms with Crippen LogP contribution < -0.4 is 0 Å². The maximum Gasteiger partial charge on any atom is 0.0542 e. The van der Waals surface area contributed by atoms with Crippen molar-refractivity contribution in [1.82, 2.24) is 9.13 Å². The zero-order chi connectivity index (χ0) is 33.9. The summed E-state index contributed by atoms with van der Waals surface area (Å²) in [6.07, 6.45) is 0. The predicted octanol–water partition coefficient (Wildman–Crippen LogP) is 13.2. The molecule has 0 saturated heterocycles. The lowest BCUT2D eigenvalue weighted by atomic mass is 9.93. The lowest BCUT2D eigenvalue weighted by molar-refractivity contribution is 1.17. The number of benzene rings is 8. The predicted molar refractivity (Wildman–Crippen MR) is 216 cm³/mol. The topological polar surface area (TPSA) is 9.86 Å². The van der Waals surface area contributed by atoms with Crippen molar-refractivity contribution in [2.24, 2.45) is 0 Å². The molecular formula is C49H34N2. The second-order valence-corrected chi connectivity index (χ2v) is 13.5. The zero-order valence-electron chi connectivity index (χ0n) is 28.3. The van der Waals surface area contributed by atoms with Gasteiger partial charge in [-0.1, -0.05) is 127 Å². The van der Waals surface area contributed by atoms with E-state index in [9.17, 15) is 0 Å². The fourth-order valence-corrected chi connectivity index (χ4v) is 7.89. The van der Waals surface area contributed by atoms with Gasteiger partial charge in [-0.2, -0.15) is 0 Å². The molecule has 10 aromatic rings. The van der Waals surface area contributed by atoms with Crippen LogP contribution >= 0.6 is 0 Å². The Balaban J connectivity index is 1.10. The Morgan fingerprint density at radius 1 is 0.275 bits per heavy atom. The molecule has 8 aromatic carbocycles. The highest BCUT2D eigenvalue weighted by Crippen LogP contribution is 2.38. The van der Waals surface area contributed by atoms with Crippen molar-refractivity contribution in [3.63, 3.8) is 0 Å². The average Bonchev–Trinajstić information content (AvgIpc) is 3.71. The van der Waals surface area contributed by atoms with Crippen LogP contribution in [-0.4, -0.2) is 9.13 Å². The lowest BCUT2D eigenvalue weighted by Crippen LogP contribution is -1.96. The van der Waals surface area contributed by atoms with Crippen LogP contribution in [0.2, 0.25) is 0 Å². The first kappa shape index (κ1) is 29.3. The number of para-hydroxylation sites is 3. The lowest BCUT2D eigenvalue weighted by Gasteiger charge is -2.13. The molecule has 0 radical (unpaired) electrons. The number of rotatable bonds is 5. The summed E-state index contributed by atoms with van der Waals surface area (Å²) in [5.74, 6) is 0. The van der Waals surface area contributed by atoms with Crippen LogP contribution in [-0.2, 0) is 0 Å². The Morgan fingerprint density at radius 3 is 1.22 bits per heavy atom. The van der Waals surface area contributed by atoms with E-state index >= 15 is 0 Å². The second kappa shape index (κ2) is 11.8. The van der Waals surface area contributed by atoms with E-state index in [0.29, 0.717) is 0 Å². The third kappa shape index (κ3) is 4.87. The normalized spacial score (nSPS) is 11.6. The largest absolute Gasteiger partial charge is 0.309 e. The van der Waals surface area contributed by atoms with Gasteiger partial charge in [-0.25, -0.2) is 0 Å². The number of aromatic nitrogens is 2.